The summed E-state index contributed by atoms with van der Waals surface area (Å²) in [6.45, 7) is 54.6. The van der Waals surface area contributed by atoms with Gasteiger partial charge >= 0.3 is 204 Å². The molecule has 170 valence electrons. The van der Waals surface area contributed by atoms with Crippen LogP contribution in [0.5, 0.6) is 0 Å². The molecule has 0 spiro atoms. The zero-order valence-electron chi connectivity index (χ0n) is 20.6. The Morgan fingerprint density at radius 2 is 0.533 bits per heavy atom. The van der Waals surface area contributed by atoms with Crippen LogP contribution in [-0.4, -0.2) is 43.4 Å². The Hall–Kier alpha value is 0.799. The summed E-state index contributed by atoms with van der Waals surface area (Å²) in [7, 11) is -4.02. The van der Waals surface area contributed by atoms with Crippen molar-refractivity contribution < 1.29 is 40.3 Å². The summed E-state index contributed by atoms with van der Waals surface area (Å²) in [6, 6.07) is 0. The van der Waals surface area contributed by atoms with Crippen LogP contribution < -0.4 is 0 Å². The molecule has 0 saturated carbocycles. The van der Waals surface area contributed by atoms with E-state index in [1.807, 2.05) is 0 Å². The van der Waals surface area contributed by atoms with Gasteiger partial charge in [0.05, 0.1) is 0 Å². The molecule has 0 aromatic heterocycles. The molecule has 0 heterocycles. The monoisotopic (exact) mass is 716 g/mol. The van der Waals surface area contributed by atoms with Gasteiger partial charge in [0, 0.05) is 0 Å². The molecule has 0 saturated heterocycles. The van der Waals surface area contributed by atoms with E-state index in [-0.39, 0.29) is 0 Å². The summed E-state index contributed by atoms with van der Waals surface area (Å²) in [6.07, 6.45) is 0. The molecular formula is C19H38GeO5Si4W. The third-order valence-electron chi connectivity index (χ3n) is 4.03. The quantitative estimate of drug-likeness (QED) is 0.195. The van der Waals surface area contributed by atoms with Gasteiger partial charge in [-0.05, 0) is 0 Å². The minimum atomic E-state index is -1.00. The summed E-state index contributed by atoms with van der Waals surface area (Å²) in [5.74, 6) is 0. The molecule has 11 heteroatoms. The molecule has 0 fully saturated rings. The molecular weight excluding hydrogens is 677 g/mol. The van der Waals surface area contributed by atoms with E-state index in [9.17, 15) is 0 Å². The molecule has 5 nitrogen and oxygen atoms in total. The van der Waals surface area contributed by atoms with Crippen molar-refractivity contribution in [2.24, 2.45) is 0 Å². The van der Waals surface area contributed by atoms with Gasteiger partial charge in [0.25, 0.3) is 0 Å². The molecule has 0 aliphatic heterocycles. The summed E-state index contributed by atoms with van der Waals surface area (Å²) in [5.41, 5.74) is 0. The second-order valence-electron chi connectivity index (χ2n) is 10.7. The maximum atomic E-state index is 7.50. The van der Waals surface area contributed by atoms with Gasteiger partial charge in [-0.1, -0.05) is 0 Å². The van der Waals surface area contributed by atoms with Gasteiger partial charge in [-0.15, -0.1) is 0 Å². The first-order valence-electron chi connectivity index (χ1n) is 8.96. The van der Waals surface area contributed by atoms with Crippen LogP contribution in [0, 0.1) is 33.3 Å². The van der Waals surface area contributed by atoms with Gasteiger partial charge in [-0.3, -0.25) is 0 Å². The standard InChI is InChI=1S/C14H38GeSi4.5CO.W/c1-16(2,3)13(17(4,5)6)15-14(18(7,8)9)19(10,11)12;5*1-2;/h13-14H,1-12H3;;;;;;. The molecule has 0 radical (unpaired) electrons. The maximum absolute atomic E-state index is 7.50. The molecule has 0 amide bonds. The van der Waals surface area contributed by atoms with Gasteiger partial charge < -0.3 is 0 Å². The van der Waals surface area contributed by atoms with Crippen LogP contribution in [0.3, 0.4) is 0 Å². The fourth-order valence-corrected chi connectivity index (χ4v) is 137. The average molecular weight is 715 g/mol. The first-order chi connectivity index (χ1) is 13.4. The number of hydrogen-bond acceptors (Lipinski definition) is 0. The van der Waals surface area contributed by atoms with Crippen molar-refractivity contribution in [2.75, 3.05) is 0 Å². The van der Waals surface area contributed by atoms with Crippen molar-refractivity contribution in [2.45, 2.75) is 86.6 Å². The van der Waals surface area contributed by atoms with Crippen LogP contribution in [0.25, 0.3) is 0 Å². The predicted molar refractivity (Wildman–Crippen MR) is 126 cm³/mol. The van der Waals surface area contributed by atoms with E-state index in [1.165, 1.54) is 7.99 Å². The average Bonchev–Trinajstić information content (AvgIpc) is 2.58. The Bertz CT molecular complexity index is 463. The third-order valence-corrected chi connectivity index (χ3v) is 77.9. The third kappa shape index (κ3) is 20.7. The zero-order valence-corrected chi connectivity index (χ0v) is 29.6. The molecule has 30 heavy (non-hydrogen) atoms. The van der Waals surface area contributed by atoms with Gasteiger partial charge in [0.15, 0.2) is 0 Å². The van der Waals surface area contributed by atoms with Gasteiger partial charge in [0.2, 0.25) is 0 Å². The van der Waals surface area contributed by atoms with E-state index in [1.54, 1.807) is 0 Å². The van der Waals surface area contributed by atoms with E-state index in [0.29, 0.717) is 0 Å². The molecule has 0 bridgehead atoms. The van der Waals surface area contributed by atoms with E-state index in [2.05, 4.69) is 129 Å². The molecule has 0 aromatic rings. The predicted octanol–water partition coefficient (Wildman–Crippen LogP) is 5.59. The van der Waals surface area contributed by atoms with Crippen LogP contribution in [0.1, 0.15) is 0 Å². The van der Waals surface area contributed by atoms with Crippen LogP contribution in [0.2, 0.25) is 86.6 Å². The SMILES string of the molecule is C[Si](C)(C)[CH]([Ge](=[W])[CH]([Si](C)(C)C)[Si](C)(C)C)[Si](C)(C)C.[C-]#[O+].[C-]#[O+].[C-]#[O+].[C-]#[O+].[C-]#[O+]. The Labute approximate surface area is 202 Å². The van der Waals surface area contributed by atoms with Crippen molar-refractivity contribution in [3.05, 3.63) is 33.3 Å². The Kier molecular flexibility index (Phi) is 32.1. The minimum absolute atomic E-state index is 0.929. The second-order valence-corrected chi connectivity index (χ2v) is 50.9. The number of rotatable bonds is 6. The molecule has 0 rings (SSSR count). The fraction of sp³-hybridized carbons (Fsp3) is 0.737. The fourth-order valence-electron chi connectivity index (χ4n) is 4.47. The van der Waals surface area contributed by atoms with Crippen molar-refractivity contribution in [3.63, 3.8) is 0 Å². The van der Waals surface area contributed by atoms with Crippen molar-refractivity contribution in [1.82, 2.24) is 0 Å². The van der Waals surface area contributed by atoms with Gasteiger partial charge in [-0.2, -0.15) is 0 Å². The van der Waals surface area contributed by atoms with E-state index >= 15 is 0 Å². The van der Waals surface area contributed by atoms with E-state index < -0.39 is 43.4 Å². The topological polar surface area (TPSA) is 99.5 Å². The summed E-state index contributed by atoms with van der Waals surface area (Å²) in [5, 5.41) is 0. The van der Waals surface area contributed by atoms with Crippen LogP contribution >= 0.6 is 0 Å². The summed E-state index contributed by atoms with van der Waals surface area (Å²) < 4.78 is 40.0. The van der Waals surface area contributed by atoms with E-state index in [4.69, 9.17) is 23.3 Å². The van der Waals surface area contributed by atoms with Gasteiger partial charge in [0.1, 0.15) is 0 Å². The van der Waals surface area contributed by atoms with Crippen LogP contribution in [-0.2, 0) is 40.3 Å². The summed E-state index contributed by atoms with van der Waals surface area (Å²) >= 11 is 1.14. The van der Waals surface area contributed by atoms with E-state index in [0.717, 1.165) is 0 Å². The first kappa shape index (κ1) is 44.5. The molecule has 0 atom stereocenters. The Morgan fingerprint density at radius 3 is 0.600 bits per heavy atom. The van der Waals surface area contributed by atoms with Crippen LogP contribution in [0.4, 0.5) is 0 Å². The second kappa shape index (κ2) is 21.6. The van der Waals surface area contributed by atoms with Crippen molar-refractivity contribution >= 4 is 43.4 Å². The molecule has 0 aliphatic rings. The van der Waals surface area contributed by atoms with Crippen LogP contribution in [0.15, 0.2) is 0 Å². The molecule has 0 aromatic carbocycles. The normalized spacial score (nSPS) is 10.4. The van der Waals surface area contributed by atoms with Crippen molar-refractivity contribution in [1.29, 1.82) is 0 Å². The number of hydrogen-bond donors (Lipinski definition) is 0. The molecule has 0 aliphatic carbocycles. The molecule has 0 unspecified atom stereocenters. The first-order valence-corrected chi connectivity index (χ1v) is 34.2. The van der Waals surface area contributed by atoms with Crippen molar-refractivity contribution in [3.8, 4) is 0 Å². The summed E-state index contributed by atoms with van der Waals surface area (Å²) in [4.78, 5) is 0. The zero-order chi connectivity index (χ0) is 26.7. The van der Waals surface area contributed by atoms with Gasteiger partial charge in [-0.25, -0.2) is 0 Å². The molecule has 0 N–H and O–H groups in total. The Morgan fingerprint density at radius 1 is 0.433 bits per heavy atom. The Balaban J connectivity index is -0.000000125.